The molecule has 0 spiro atoms. The molecule has 3 heteroatoms. The van der Waals surface area contributed by atoms with Crippen LogP contribution in [0.1, 0.15) is 163 Å². The Bertz CT molecular complexity index is 3210. The molecule has 10 rings (SSSR count). The highest BCUT2D eigenvalue weighted by Gasteiger charge is 2.47. The lowest BCUT2D eigenvalue weighted by atomic mass is 9.33. The van der Waals surface area contributed by atoms with Crippen molar-refractivity contribution in [2.24, 2.45) is 0 Å². The van der Waals surface area contributed by atoms with E-state index in [1.807, 2.05) is 0 Å². The fourth-order valence-electron chi connectivity index (χ4n) is 11.8. The topological polar surface area (TPSA) is 6.48 Å². The summed E-state index contributed by atoms with van der Waals surface area (Å²) >= 11 is 0. The number of hydrogen-bond donors (Lipinski definition) is 0. The van der Waals surface area contributed by atoms with Gasteiger partial charge in [-0.05, 0) is 179 Å². The average molecular weight is 921 g/mol. The van der Waals surface area contributed by atoms with Gasteiger partial charge >= 0.3 is 0 Å². The number of rotatable bonds is 4. The maximum atomic E-state index is 2.69. The van der Waals surface area contributed by atoms with Crippen LogP contribution in [-0.2, 0) is 32.5 Å². The van der Waals surface area contributed by atoms with Crippen LogP contribution < -0.4 is 26.2 Å². The predicted molar refractivity (Wildman–Crippen MR) is 306 cm³/mol. The fraction of sp³-hybridized carbons (Fsp3) is 0.373. The number of aryl methyl sites for hydroxylation is 1. The number of benzene rings is 7. The van der Waals surface area contributed by atoms with Crippen molar-refractivity contribution in [2.45, 2.75) is 163 Å². The van der Waals surface area contributed by atoms with E-state index in [1.165, 1.54) is 112 Å². The molecule has 0 N–H and O–H groups in total. The number of hydrogen-bond acceptors (Lipinski definition) is 2. The molecule has 3 aliphatic rings. The summed E-state index contributed by atoms with van der Waals surface area (Å²) in [6.07, 6.45) is 2.32. The van der Waals surface area contributed by atoms with E-state index in [0.717, 1.165) is 12.8 Å². The van der Waals surface area contributed by atoms with E-state index in [2.05, 4.69) is 261 Å². The van der Waals surface area contributed by atoms with Gasteiger partial charge in [-0.1, -0.05) is 190 Å². The van der Waals surface area contributed by atoms with Gasteiger partial charge in [-0.15, -0.1) is 0 Å². The van der Waals surface area contributed by atoms with Crippen molar-refractivity contribution in [1.82, 2.24) is 0 Å². The van der Waals surface area contributed by atoms with Gasteiger partial charge < -0.3 is 9.80 Å². The lowest BCUT2D eigenvalue weighted by molar-refractivity contribution is 0.332. The van der Waals surface area contributed by atoms with E-state index in [1.54, 1.807) is 0 Å². The van der Waals surface area contributed by atoms with E-state index < -0.39 is 0 Å². The summed E-state index contributed by atoms with van der Waals surface area (Å²) < 4.78 is 0. The van der Waals surface area contributed by atoms with Gasteiger partial charge in [0.2, 0.25) is 0 Å². The molecule has 0 unspecified atom stereocenters. The molecular formula is C67H77BN2. The summed E-state index contributed by atoms with van der Waals surface area (Å²) in [5.41, 5.74) is 26.3. The predicted octanol–water partition coefficient (Wildman–Crippen LogP) is 17.0. The van der Waals surface area contributed by atoms with Crippen LogP contribution in [-0.4, -0.2) is 6.71 Å². The standard InChI is InChI=1S/C67H77BN2/c1-42-34-59-61-60(35-42)70(56-31-29-48(64(8,9)10)38-51(56)45-21-18-20-44(36-45)43-24-26-46(27-25-43)62(2,3)4)58-41-53-52(66(14,15)32-33-67(53,16)17)40-55(58)68(61)54-30-28-49(65(11,12)13)39-57(54)69(59)50-23-19-22-47(37-50)63(5,6)7/h18-31,34-41H,32-33H2,1-17H3. The fourth-order valence-corrected chi connectivity index (χ4v) is 11.8. The van der Waals surface area contributed by atoms with Crippen molar-refractivity contribution >= 4 is 57.2 Å². The quantitative estimate of drug-likeness (QED) is 0.162. The SMILES string of the molecule is Cc1cc2c3c(c1)N(c1ccc(C(C)(C)C)cc1-c1cccc(-c4ccc(C(C)(C)C)cc4)c1)c1cc4c(cc1B3c1ccc(C(C)(C)C)cc1N2c1cccc(C(C)(C)C)c1)C(C)(C)CCC4(C)C. The van der Waals surface area contributed by atoms with Gasteiger partial charge in [-0.2, -0.15) is 0 Å². The van der Waals surface area contributed by atoms with E-state index in [-0.39, 0.29) is 39.2 Å². The largest absolute Gasteiger partial charge is 0.311 e. The smallest absolute Gasteiger partial charge is 0.252 e. The van der Waals surface area contributed by atoms with Gasteiger partial charge in [0.05, 0.1) is 5.69 Å². The Morgan fingerprint density at radius 3 is 1.54 bits per heavy atom. The van der Waals surface area contributed by atoms with Crippen LogP contribution in [0.2, 0.25) is 0 Å². The van der Waals surface area contributed by atoms with E-state index >= 15 is 0 Å². The van der Waals surface area contributed by atoms with Gasteiger partial charge in [0.25, 0.3) is 6.71 Å². The highest BCUT2D eigenvalue weighted by atomic mass is 15.2. The van der Waals surface area contributed by atoms with Gasteiger partial charge in [-0.3, -0.25) is 0 Å². The lowest BCUT2D eigenvalue weighted by Crippen LogP contribution is -2.62. The molecular weight excluding hydrogens is 844 g/mol. The van der Waals surface area contributed by atoms with Crippen molar-refractivity contribution in [3.63, 3.8) is 0 Å². The van der Waals surface area contributed by atoms with Gasteiger partial charge in [0.15, 0.2) is 0 Å². The Hall–Kier alpha value is -5.80. The third-order valence-corrected chi connectivity index (χ3v) is 16.4. The molecule has 70 heavy (non-hydrogen) atoms. The molecule has 0 atom stereocenters. The minimum absolute atomic E-state index is 0.00529. The zero-order valence-corrected chi connectivity index (χ0v) is 45.6. The van der Waals surface area contributed by atoms with E-state index in [4.69, 9.17) is 0 Å². The van der Waals surface area contributed by atoms with Crippen LogP contribution in [0.25, 0.3) is 22.3 Å². The first-order valence-corrected chi connectivity index (χ1v) is 26.2. The first-order chi connectivity index (χ1) is 32.6. The third-order valence-electron chi connectivity index (χ3n) is 16.4. The highest BCUT2D eigenvalue weighted by Crippen LogP contribution is 2.52. The van der Waals surface area contributed by atoms with Gasteiger partial charge in [-0.25, -0.2) is 0 Å². The van der Waals surface area contributed by atoms with Crippen LogP contribution in [0, 0.1) is 6.92 Å². The first kappa shape index (κ1) is 47.9. The molecule has 0 bridgehead atoms. The summed E-state index contributed by atoms with van der Waals surface area (Å²) in [6.45, 7) is 40.2. The van der Waals surface area contributed by atoms with Crippen molar-refractivity contribution in [2.75, 3.05) is 9.80 Å². The van der Waals surface area contributed by atoms with Crippen LogP contribution in [0.5, 0.6) is 0 Å². The summed E-state index contributed by atoms with van der Waals surface area (Å²) in [5, 5.41) is 0. The van der Waals surface area contributed by atoms with Crippen LogP contribution in [0.15, 0.2) is 133 Å². The summed E-state index contributed by atoms with van der Waals surface area (Å²) in [4.78, 5) is 5.31. The Labute approximate surface area is 422 Å². The Morgan fingerprint density at radius 2 is 0.914 bits per heavy atom. The Morgan fingerprint density at radius 1 is 0.400 bits per heavy atom. The molecule has 0 saturated heterocycles. The first-order valence-electron chi connectivity index (χ1n) is 26.2. The van der Waals surface area contributed by atoms with E-state index in [0.29, 0.717) is 0 Å². The zero-order valence-electron chi connectivity index (χ0n) is 45.6. The second-order valence-corrected chi connectivity index (χ2v) is 26.8. The lowest BCUT2D eigenvalue weighted by Gasteiger charge is -2.48. The third kappa shape index (κ3) is 8.14. The maximum Gasteiger partial charge on any atom is 0.252 e. The molecule has 2 nitrogen and oxygen atoms in total. The van der Waals surface area contributed by atoms with E-state index in [9.17, 15) is 0 Å². The Balaban J connectivity index is 1.30. The normalized spacial score (nSPS) is 16.1. The van der Waals surface area contributed by atoms with Crippen molar-refractivity contribution < 1.29 is 0 Å². The molecule has 2 aliphatic heterocycles. The molecule has 0 aromatic heterocycles. The second kappa shape index (κ2) is 16.1. The second-order valence-electron chi connectivity index (χ2n) is 26.8. The number of anilines is 6. The molecule has 0 fully saturated rings. The molecule has 7 aromatic rings. The van der Waals surface area contributed by atoms with Crippen molar-refractivity contribution in [3.8, 4) is 22.3 Å². The minimum Gasteiger partial charge on any atom is -0.311 e. The number of fused-ring (bicyclic) bond motifs is 5. The number of nitrogens with zero attached hydrogens (tertiary/aromatic N) is 2. The zero-order chi connectivity index (χ0) is 50.2. The van der Waals surface area contributed by atoms with Crippen LogP contribution in [0.3, 0.4) is 0 Å². The van der Waals surface area contributed by atoms with Gasteiger partial charge in [0, 0.05) is 34.0 Å². The summed E-state index contributed by atoms with van der Waals surface area (Å²) in [5.74, 6) is 0. The van der Waals surface area contributed by atoms with Crippen molar-refractivity contribution in [1.29, 1.82) is 0 Å². The molecule has 0 radical (unpaired) electrons. The molecule has 0 saturated carbocycles. The van der Waals surface area contributed by atoms with Crippen LogP contribution >= 0.6 is 0 Å². The summed E-state index contributed by atoms with van der Waals surface area (Å²) in [7, 11) is 0. The minimum atomic E-state index is -0.0481. The highest BCUT2D eigenvalue weighted by molar-refractivity contribution is 7.00. The Kier molecular flexibility index (Phi) is 11.0. The molecule has 7 aromatic carbocycles. The molecule has 2 heterocycles. The molecule has 1 aliphatic carbocycles. The molecule has 0 amide bonds. The van der Waals surface area contributed by atoms with Crippen molar-refractivity contribution in [3.05, 3.63) is 172 Å². The maximum absolute atomic E-state index is 2.69. The van der Waals surface area contributed by atoms with Gasteiger partial charge in [0.1, 0.15) is 0 Å². The monoisotopic (exact) mass is 921 g/mol. The van der Waals surface area contributed by atoms with Crippen LogP contribution in [0.4, 0.5) is 34.1 Å². The molecule has 358 valence electrons. The average Bonchev–Trinajstić information content (AvgIpc) is 3.28. The summed E-state index contributed by atoms with van der Waals surface area (Å²) in [6, 6.07) is 53.0.